The Kier molecular flexibility index (Phi) is 13.3. The summed E-state index contributed by atoms with van der Waals surface area (Å²) in [5, 5.41) is 2.82. The normalized spacial score (nSPS) is 10.8. The largest absolute Gasteiger partial charge is 0.449 e. The van der Waals surface area contributed by atoms with E-state index in [2.05, 4.69) is 55.6 Å². The Hall–Kier alpha value is -2.29. The van der Waals surface area contributed by atoms with Gasteiger partial charge in [0.25, 0.3) is 0 Å². The van der Waals surface area contributed by atoms with Gasteiger partial charge in [-0.15, -0.1) is 0 Å². The highest BCUT2D eigenvalue weighted by atomic mass is 16.5. The van der Waals surface area contributed by atoms with Crippen molar-refractivity contribution in [2.24, 2.45) is 0 Å². The Labute approximate surface area is 196 Å². The standard InChI is InChI=1S/C29H43NO2/c1-3-4-5-6-7-8-9-10-11-12-13-14-23-32-29(31)30-28-21-19-27(20-22-28)24-26-17-15-25(2)16-18-26/h15-22H,3-14,23-24H2,1-2H3,(H,30,31). The molecule has 0 aliphatic rings. The minimum Gasteiger partial charge on any atom is -0.449 e. The lowest BCUT2D eigenvalue weighted by atomic mass is 10.0. The van der Waals surface area contributed by atoms with Crippen LogP contribution in [0.5, 0.6) is 0 Å². The Bertz CT molecular complexity index is 737. The van der Waals surface area contributed by atoms with Crippen LogP contribution in [0.25, 0.3) is 0 Å². The smallest absolute Gasteiger partial charge is 0.411 e. The number of carbonyl (C=O) groups is 1. The SMILES string of the molecule is CCCCCCCCCCCCCCOC(=O)Nc1ccc(Cc2ccc(C)cc2)cc1. The fourth-order valence-corrected chi connectivity index (χ4v) is 3.91. The van der Waals surface area contributed by atoms with Gasteiger partial charge in [0.2, 0.25) is 0 Å². The zero-order valence-corrected chi connectivity index (χ0v) is 20.3. The molecule has 0 aromatic heterocycles. The second-order valence-electron chi connectivity index (χ2n) is 9.01. The second-order valence-corrected chi connectivity index (χ2v) is 9.01. The van der Waals surface area contributed by atoms with E-state index in [9.17, 15) is 4.79 Å². The first-order valence-corrected chi connectivity index (χ1v) is 12.8. The number of amides is 1. The van der Waals surface area contributed by atoms with Crippen molar-refractivity contribution in [2.75, 3.05) is 11.9 Å². The number of benzene rings is 2. The van der Waals surface area contributed by atoms with E-state index in [0.29, 0.717) is 6.61 Å². The van der Waals surface area contributed by atoms with Crippen LogP contribution < -0.4 is 5.32 Å². The number of carbonyl (C=O) groups excluding carboxylic acids is 1. The highest BCUT2D eigenvalue weighted by Gasteiger charge is 2.04. The molecule has 0 saturated carbocycles. The van der Waals surface area contributed by atoms with Crippen molar-refractivity contribution in [3.8, 4) is 0 Å². The molecule has 0 bridgehead atoms. The van der Waals surface area contributed by atoms with Crippen LogP contribution in [-0.4, -0.2) is 12.7 Å². The lowest BCUT2D eigenvalue weighted by molar-refractivity contribution is 0.159. The molecule has 0 saturated heterocycles. The summed E-state index contributed by atoms with van der Waals surface area (Å²) >= 11 is 0. The van der Waals surface area contributed by atoms with E-state index in [0.717, 1.165) is 24.9 Å². The molecular formula is C29H43NO2. The monoisotopic (exact) mass is 437 g/mol. The Morgan fingerprint density at radius 1 is 0.688 bits per heavy atom. The Balaban J connectivity index is 1.47. The molecule has 0 radical (unpaired) electrons. The maximum atomic E-state index is 12.0. The topological polar surface area (TPSA) is 38.3 Å². The lowest BCUT2D eigenvalue weighted by Gasteiger charge is -2.08. The molecule has 0 heterocycles. The molecule has 0 unspecified atom stereocenters. The van der Waals surface area contributed by atoms with E-state index in [1.807, 2.05) is 12.1 Å². The summed E-state index contributed by atoms with van der Waals surface area (Å²) in [5.41, 5.74) is 4.56. The minimum atomic E-state index is -0.362. The second kappa shape index (κ2) is 16.4. The van der Waals surface area contributed by atoms with Gasteiger partial charge in [-0.3, -0.25) is 5.32 Å². The summed E-state index contributed by atoms with van der Waals surface area (Å²) in [7, 11) is 0. The average Bonchev–Trinajstić information content (AvgIpc) is 2.80. The first-order chi connectivity index (χ1) is 15.7. The van der Waals surface area contributed by atoms with Crippen LogP contribution in [0.4, 0.5) is 10.5 Å². The summed E-state index contributed by atoms with van der Waals surface area (Å²) in [6.07, 6.45) is 16.2. The third-order valence-corrected chi connectivity index (χ3v) is 5.96. The number of rotatable bonds is 16. The minimum absolute atomic E-state index is 0.362. The molecule has 2 aromatic carbocycles. The molecular weight excluding hydrogens is 394 g/mol. The Morgan fingerprint density at radius 3 is 1.69 bits per heavy atom. The molecule has 0 spiro atoms. The van der Waals surface area contributed by atoms with Gasteiger partial charge in [0.1, 0.15) is 0 Å². The lowest BCUT2D eigenvalue weighted by Crippen LogP contribution is -2.14. The molecule has 3 heteroatoms. The summed E-state index contributed by atoms with van der Waals surface area (Å²) in [6.45, 7) is 4.86. The van der Waals surface area contributed by atoms with Gasteiger partial charge in [0.15, 0.2) is 0 Å². The van der Waals surface area contributed by atoms with E-state index < -0.39 is 0 Å². The molecule has 0 fully saturated rings. The van der Waals surface area contributed by atoms with Crippen molar-refractivity contribution in [1.82, 2.24) is 0 Å². The Morgan fingerprint density at radius 2 is 1.16 bits per heavy atom. The van der Waals surface area contributed by atoms with Crippen LogP contribution in [0, 0.1) is 6.92 Å². The van der Waals surface area contributed by atoms with Crippen LogP contribution in [0.1, 0.15) is 101 Å². The van der Waals surface area contributed by atoms with Gasteiger partial charge in [-0.1, -0.05) is 120 Å². The first kappa shape index (κ1) is 26.0. The molecule has 0 aliphatic carbocycles. The summed E-state index contributed by atoms with van der Waals surface area (Å²) in [4.78, 5) is 12.0. The predicted octanol–water partition coefficient (Wildman–Crippen LogP) is 8.84. The van der Waals surface area contributed by atoms with Gasteiger partial charge >= 0.3 is 6.09 Å². The molecule has 2 aromatic rings. The van der Waals surface area contributed by atoms with E-state index in [4.69, 9.17) is 4.74 Å². The zero-order valence-electron chi connectivity index (χ0n) is 20.3. The van der Waals surface area contributed by atoms with Gasteiger partial charge < -0.3 is 4.74 Å². The maximum Gasteiger partial charge on any atom is 0.411 e. The van der Waals surface area contributed by atoms with E-state index >= 15 is 0 Å². The first-order valence-electron chi connectivity index (χ1n) is 12.8. The maximum absolute atomic E-state index is 12.0. The third kappa shape index (κ3) is 11.9. The van der Waals surface area contributed by atoms with Crippen LogP contribution in [0.2, 0.25) is 0 Å². The van der Waals surface area contributed by atoms with E-state index in [1.54, 1.807) is 0 Å². The van der Waals surface area contributed by atoms with Crippen molar-refractivity contribution < 1.29 is 9.53 Å². The fourth-order valence-electron chi connectivity index (χ4n) is 3.91. The highest BCUT2D eigenvalue weighted by Crippen LogP contribution is 2.15. The number of ether oxygens (including phenoxy) is 1. The van der Waals surface area contributed by atoms with Gasteiger partial charge in [-0.25, -0.2) is 4.79 Å². The van der Waals surface area contributed by atoms with Gasteiger partial charge in [-0.2, -0.15) is 0 Å². The molecule has 176 valence electrons. The molecule has 1 amide bonds. The van der Waals surface area contributed by atoms with Gasteiger partial charge in [0.05, 0.1) is 6.61 Å². The highest BCUT2D eigenvalue weighted by molar-refractivity contribution is 5.84. The average molecular weight is 438 g/mol. The summed E-state index contributed by atoms with van der Waals surface area (Å²) in [5.74, 6) is 0. The molecule has 32 heavy (non-hydrogen) atoms. The van der Waals surface area contributed by atoms with Crippen molar-refractivity contribution in [2.45, 2.75) is 97.3 Å². The molecule has 1 N–H and O–H groups in total. The number of aryl methyl sites for hydroxylation is 1. The predicted molar refractivity (Wildman–Crippen MR) is 136 cm³/mol. The van der Waals surface area contributed by atoms with E-state index in [-0.39, 0.29) is 6.09 Å². The number of hydrogen-bond donors (Lipinski definition) is 1. The number of unbranched alkanes of at least 4 members (excludes halogenated alkanes) is 11. The number of hydrogen-bond acceptors (Lipinski definition) is 2. The summed E-state index contributed by atoms with van der Waals surface area (Å²) in [6, 6.07) is 16.6. The van der Waals surface area contributed by atoms with Crippen molar-refractivity contribution >= 4 is 11.8 Å². The third-order valence-electron chi connectivity index (χ3n) is 5.96. The summed E-state index contributed by atoms with van der Waals surface area (Å²) < 4.78 is 5.32. The molecule has 0 aliphatic heterocycles. The van der Waals surface area contributed by atoms with Crippen molar-refractivity contribution in [3.63, 3.8) is 0 Å². The molecule has 3 nitrogen and oxygen atoms in total. The van der Waals surface area contributed by atoms with Gasteiger partial charge in [-0.05, 0) is 43.0 Å². The number of anilines is 1. The van der Waals surface area contributed by atoms with Crippen LogP contribution in [0.15, 0.2) is 48.5 Å². The van der Waals surface area contributed by atoms with Crippen LogP contribution >= 0.6 is 0 Å². The fraction of sp³-hybridized carbons (Fsp3) is 0.552. The quantitative estimate of drug-likeness (QED) is 0.266. The van der Waals surface area contributed by atoms with Crippen LogP contribution in [-0.2, 0) is 11.2 Å². The molecule has 2 rings (SSSR count). The van der Waals surface area contributed by atoms with Crippen molar-refractivity contribution in [1.29, 1.82) is 0 Å². The van der Waals surface area contributed by atoms with Crippen molar-refractivity contribution in [3.05, 3.63) is 65.2 Å². The number of nitrogens with one attached hydrogen (secondary N) is 1. The van der Waals surface area contributed by atoms with Crippen LogP contribution in [0.3, 0.4) is 0 Å². The molecule has 0 atom stereocenters. The zero-order chi connectivity index (χ0) is 22.9. The van der Waals surface area contributed by atoms with E-state index in [1.165, 1.54) is 80.9 Å². The van der Waals surface area contributed by atoms with Gasteiger partial charge in [0, 0.05) is 5.69 Å².